The van der Waals surface area contributed by atoms with E-state index in [9.17, 15) is 0 Å². The van der Waals surface area contributed by atoms with Crippen molar-refractivity contribution in [1.29, 1.82) is 0 Å². The van der Waals surface area contributed by atoms with Gasteiger partial charge in [-0.15, -0.1) is 6.42 Å². The van der Waals surface area contributed by atoms with Crippen LogP contribution in [0.4, 0.5) is 0 Å². The Labute approximate surface area is 109 Å². The van der Waals surface area contributed by atoms with E-state index in [4.69, 9.17) is 10.8 Å². The number of guanidine groups is 1. The zero-order valence-electron chi connectivity index (χ0n) is 11.4. The molecule has 0 aliphatic carbocycles. The van der Waals surface area contributed by atoms with Crippen molar-refractivity contribution in [2.75, 3.05) is 7.05 Å². The average molecular weight is 247 g/mol. The summed E-state index contributed by atoms with van der Waals surface area (Å²) in [5.41, 5.74) is -0.0307. The van der Waals surface area contributed by atoms with Gasteiger partial charge in [-0.05, 0) is 17.5 Å². The number of aliphatic imine (C=N–C) groups is 1. The van der Waals surface area contributed by atoms with E-state index >= 15 is 0 Å². The van der Waals surface area contributed by atoms with Crippen LogP contribution in [-0.4, -0.2) is 19.0 Å². The topological polar surface area (TPSA) is 49.6 Å². The molecule has 0 aromatic carbocycles. The van der Waals surface area contributed by atoms with Crippen molar-refractivity contribution in [3.8, 4) is 12.3 Å². The van der Waals surface area contributed by atoms with E-state index < -0.39 is 0 Å². The van der Waals surface area contributed by atoms with E-state index in [1.807, 2.05) is 12.1 Å². The molecule has 0 radical (unpaired) electrons. The smallest absolute Gasteiger partial charge is 0.192 e. The maximum absolute atomic E-state index is 5.54. The molecule has 1 heterocycles. The Morgan fingerprint density at radius 1 is 1.56 bits per heavy atom. The number of nitrogens with one attached hydrogen (secondary N) is 2. The molecule has 0 fully saturated rings. The highest BCUT2D eigenvalue weighted by atomic mass is 16.3. The van der Waals surface area contributed by atoms with Gasteiger partial charge in [0, 0.05) is 7.05 Å². The molecule has 0 aliphatic heterocycles. The standard InChI is InChI=1S/C14H21N3O/c1-6-12(14(2,3)4)17-13(15-5)16-10-11-8-7-9-18-11/h1,7-9,12H,10H2,2-5H3,(H2,15,16,17). The molecule has 1 unspecified atom stereocenters. The summed E-state index contributed by atoms with van der Waals surface area (Å²) in [6.07, 6.45) is 7.18. The van der Waals surface area contributed by atoms with Gasteiger partial charge in [-0.2, -0.15) is 0 Å². The minimum absolute atomic E-state index is 0.0307. The zero-order valence-corrected chi connectivity index (χ0v) is 11.4. The van der Waals surface area contributed by atoms with Crippen LogP contribution in [0.2, 0.25) is 0 Å². The molecule has 4 nitrogen and oxygen atoms in total. The Morgan fingerprint density at radius 3 is 2.72 bits per heavy atom. The van der Waals surface area contributed by atoms with Crippen LogP contribution in [0.5, 0.6) is 0 Å². The third kappa shape index (κ3) is 4.17. The maximum atomic E-state index is 5.54. The first-order valence-corrected chi connectivity index (χ1v) is 5.93. The van der Waals surface area contributed by atoms with Crippen molar-refractivity contribution < 1.29 is 4.42 Å². The second-order valence-corrected chi connectivity index (χ2v) is 5.12. The van der Waals surface area contributed by atoms with E-state index in [0.717, 1.165) is 5.76 Å². The Balaban J connectivity index is 2.55. The molecular weight excluding hydrogens is 226 g/mol. The number of furan rings is 1. The molecule has 0 saturated carbocycles. The van der Waals surface area contributed by atoms with Gasteiger partial charge < -0.3 is 15.1 Å². The van der Waals surface area contributed by atoms with Gasteiger partial charge in [0.05, 0.1) is 18.8 Å². The minimum Gasteiger partial charge on any atom is -0.467 e. The van der Waals surface area contributed by atoms with E-state index in [-0.39, 0.29) is 11.5 Å². The average Bonchev–Trinajstić information content (AvgIpc) is 2.80. The molecule has 4 heteroatoms. The van der Waals surface area contributed by atoms with Crippen LogP contribution in [0.15, 0.2) is 27.8 Å². The fourth-order valence-corrected chi connectivity index (χ4v) is 1.42. The normalized spacial score (nSPS) is 13.8. The fourth-order valence-electron chi connectivity index (χ4n) is 1.42. The lowest BCUT2D eigenvalue weighted by molar-refractivity contribution is 0.349. The molecule has 0 amide bonds. The highest BCUT2D eigenvalue weighted by molar-refractivity contribution is 5.80. The maximum Gasteiger partial charge on any atom is 0.192 e. The van der Waals surface area contributed by atoms with Crippen LogP contribution in [0.3, 0.4) is 0 Å². The van der Waals surface area contributed by atoms with E-state index in [1.54, 1.807) is 13.3 Å². The van der Waals surface area contributed by atoms with Gasteiger partial charge >= 0.3 is 0 Å². The first-order valence-electron chi connectivity index (χ1n) is 5.93. The monoisotopic (exact) mass is 247 g/mol. The first kappa shape index (κ1) is 14.2. The first-order chi connectivity index (χ1) is 8.47. The van der Waals surface area contributed by atoms with E-state index in [1.165, 1.54) is 0 Å². The summed E-state index contributed by atoms with van der Waals surface area (Å²) in [5.74, 6) is 4.27. The van der Waals surface area contributed by atoms with Crippen LogP contribution in [0.25, 0.3) is 0 Å². The van der Waals surface area contributed by atoms with Gasteiger partial charge in [-0.1, -0.05) is 26.7 Å². The van der Waals surface area contributed by atoms with Gasteiger partial charge in [-0.25, -0.2) is 0 Å². The number of nitrogens with zero attached hydrogens (tertiary/aromatic N) is 1. The van der Waals surface area contributed by atoms with Crippen molar-refractivity contribution in [3.63, 3.8) is 0 Å². The minimum atomic E-state index is -0.0831. The van der Waals surface area contributed by atoms with Crippen molar-refractivity contribution in [3.05, 3.63) is 24.2 Å². The molecule has 0 saturated heterocycles. The third-order valence-corrected chi connectivity index (χ3v) is 2.55. The lowest BCUT2D eigenvalue weighted by atomic mass is 9.87. The van der Waals surface area contributed by atoms with Crippen molar-refractivity contribution in [1.82, 2.24) is 10.6 Å². The Morgan fingerprint density at radius 2 is 2.28 bits per heavy atom. The molecular formula is C14H21N3O. The predicted molar refractivity (Wildman–Crippen MR) is 74.1 cm³/mol. The second-order valence-electron chi connectivity index (χ2n) is 5.12. The lowest BCUT2D eigenvalue weighted by Crippen LogP contribution is -2.48. The van der Waals surface area contributed by atoms with Gasteiger partial charge in [0.1, 0.15) is 5.76 Å². The number of hydrogen-bond acceptors (Lipinski definition) is 2. The molecule has 1 aromatic rings. The summed E-state index contributed by atoms with van der Waals surface area (Å²) in [5, 5.41) is 6.38. The van der Waals surface area contributed by atoms with Crippen LogP contribution in [0.1, 0.15) is 26.5 Å². The predicted octanol–water partition coefficient (Wildman–Crippen LogP) is 1.99. The van der Waals surface area contributed by atoms with Gasteiger partial charge in [0.15, 0.2) is 5.96 Å². The van der Waals surface area contributed by atoms with Gasteiger partial charge in [-0.3, -0.25) is 4.99 Å². The van der Waals surface area contributed by atoms with Crippen molar-refractivity contribution in [2.45, 2.75) is 33.4 Å². The number of rotatable bonds is 3. The number of hydrogen-bond donors (Lipinski definition) is 2. The number of terminal acetylenes is 1. The molecule has 1 rings (SSSR count). The van der Waals surface area contributed by atoms with Crippen LogP contribution in [0, 0.1) is 17.8 Å². The van der Waals surface area contributed by atoms with Crippen molar-refractivity contribution in [2.24, 2.45) is 10.4 Å². The Bertz CT molecular complexity index is 421. The SMILES string of the molecule is C#CC(NC(=NC)NCc1ccco1)C(C)(C)C. The highest BCUT2D eigenvalue weighted by Crippen LogP contribution is 2.18. The lowest BCUT2D eigenvalue weighted by Gasteiger charge is -2.28. The third-order valence-electron chi connectivity index (χ3n) is 2.55. The molecule has 0 aliphatic rings. The summed E-state index contributed by atoms with van der Waals surface area (Å²) >= 11 is 0. The summed E-state index contributed by atoms with van der Waals surface area (Å²) in [6, 6.07) is 3.68. The van der Waals surface area contributed by atoms with Crippen LogP contribution >= 0.6 is 0 Å². The summed E-state index contributed by atoms with van der Waals surface area (Å²) in [7, 11) is 1.72. The largest absolute Gasteiger partial charge is 0.467 e. The molecule has 2 N–H and O–H groups in total. The molecule has 1 aromatic heterocycles. The van der Waals surface area contributed by atoms with E-state index in [0.29, 0.717) is 12.5 Å². The molecule has 1 atom stereocenters. The van der Waals surface area contributed by atoms with Gasteiger partial charge in [0.25, 0.3) is 0 Å². The zero-order chi connectivity index (χ0) is 13.6. The van der Waals surface area contributed by atoms with Crippen molar-refractivity contribution >= 4 is 5.96 Å². The van der Waals surface area contributed by atoms with E-state index in [2.05, 4.69) is 42.3 Å². The van der Waals surface area contributed by atoms with Crippen LogP contribution < -0.4 is 10.6 Å². The molecule has 0 bridgehead atoms. The Hall–Kier alpha value is -1.89. The molecule has 18 heavy (non-hydrogen) atoms. The van der Waals surface area contributed by atoms with Crippen LogP contribution in [-0.2, 0) is 6.54 Å². The fraction of sp³-hybridized carbons (Fsp3) is 0.500. The second kappa shape index (κ2) is 6.15. The highest BCUT2D eigenvalue weighted by Gasteiger charge is 2.23. The van der Waals surface area contributed by atoms with Gasteiger partial charge in [0.2, 0.25) is 0 Å². The summed E-state index contributed by atoms with van der Waals surface area (Å²) in [4.78, 5) is 4.15. The summed E-state index contributed by atoms with van der Waals surface area (Å²) in [6.45, 7) is 6.84. The quantitative estimate of drug-likeness (QED) is 0.488. The molecule has 0 spiro atoms. The molecule has 98 valence electrons. The Kier molecular flexibility index (Phi) is 4.85. The summed E-state index contributed by atoms with van der Waals surface area (Å²) < 4.78 is 5.24.